The second kappa shape index (κ2) is 12.4. The third kappa shape index (κ3) is 7.55. The largest absolute Gasteiger partial charge is 0.481 e. The van der Waals surface area contributed by atoms with Gasteiger partial charge in [0.15, 0.2) is 5.69 Å². The summed E-state index contributed by atoms with van der Waals surface area (Å²) in [5, 5.41) is 36.4. The molecule has 0 fully saturated rings. The Kier molecular flexibility index (Phi) is 9.26. The van der Waals surface area contributed by atoms with Gasteiger partial charge in [0.05, 0.1) is 30.0 Å². The number of rotatable bonds is 11. The number of carboxylic acid groups (broad SMARTS) is 1. The first-order valence-electron chi connectivity index (χ1n) is 11.9. The number of hydrogen-bond donors (Lipinski definition) is 4. The second-order valence-corrected chi connectivity index (χ2v) is 9.09. The van der Waals surface area contributed by atoms with Crippen LogP contribution in [0, 0.1) is 12.7 Å². The summed E-state index contributed by atoms with van der Waals surface area (Å²) in [5.74, 6) is -2.15. The lowest BCUT2D eigenvalue weighted by molar-refractivity contribution is -0.139. The Morgan fingerprint density at radius 3 is 2.43 bits per heavy atom. The van der Waals surface area contributed by atoms with Crippen LogP contribution < -0.4 is 5.32 Å². The number of nitrogens with zero attached hydrogens (tertiary/aromatic N) is 3. The number of amides is 1. The first kappa shape index (κ1) is 27.7. The lowest BCUT2D eigenvalue weighted by atomic mass is 9.98. The van der Waals surface area contributed by atoms with Crippen molar-refractivity contribution in [1.29, 1.82) is 0 Å². The first-order chi connectivity index (χ1) is 17.5. The van der Waals surface area contributed by atoms with E-state index in [9.17, 15) is 24.2 Å². The van der Waals surface area contributed by atoms with Crippen LogP contribution in [0.2, 0.25) is 0 Å². The Morgan fingerprint density at radius 1 is 1.14 bits per heavy atom. The topological polar surface area (TPSA) is 138 Å². The van der Waals surface area contributed by atoms with Gasteiger partial charge < -0.3 is 20.6 Å². The molecule has 0 aliphatic rings. The summed E-state index contributed by atoms with van der Waals surface area (Å²) in [5.41, 5.74) is 3.48. The van der Waals surface area contributed by atoms with Gasteiger partial charge in [-0.1, -0.05) is 26.0 Å². The first-order valence-corrected chi connectivity index (χ1v) is 11.9. The predicted octanol–water partition coefficient (Wildman–Crippen LogP) is 3.37. The van der Waals surface area contributed by atoms with Gasteiger partial charge in [0.1, 0.15) is 5.82 Å². The minimum absolute atomic E-state index is 0.148. The monoisotopic (exact) mass is 510 g/mol. The molecule has 37 heavy (non-hydrogen) atoms. The SMILES string of the molecule is Cc1ccc(CNC(=O)c2nn(-c3ccc(F)cc3)c(C=C[C@@H](O)C[C@@H](O)CC(=O)O)c2C(C)C)cn1. The molecular weight excluding hydrogens is 479 g/mol. The number of carbonyl (C=O) groups excluding carboxylic acids is 1. The van der Waals surface area contributed by atoms with E-state index < -0.39 is 36.3 Å². The molecule has 1 amide bonds. The molecule has 196 valence electrons. The van der Waals surface area contributed by atoms with Crippen LogP contribution in [0.1, 0.15) is 65.6 Å². The normalized spacial score (nSPS) is 13.2. The van der Waals surface area contributed by atoms with E-state index in [0.717, 1.165) is 11.3 Å². The average Bonchev–Trinajstić information content (AvgIpc) is 3.22. The van der Waals surface area contributed by atoms with Crippen LogP contribution in [0.3, 0.4) is 0 Å². The molecule has 9 nitrogen and oxygen atoms in total. The number of aliphatic hydroxyl groups is 2. The van der Waals surface area contributed by atoms with E-state index in [-0.39, 0.29) is 24.6 Å². The predicted molar refractivity (Wildman–Crippen MR) is 136 cm³/mol. The average molecular weight is 511 g/mol. The van der Waals surface area contributed by atoms with Crippen LogP contribution in [-0.2, 0) is 11.3 Å². The fourth-order valence-electron chi connectivity index (χ4n) is 3.83. The zero-order chi connectivity index (χ0) is 27.1. The molecule has 0 saturated carbocycles. The third-order valence-corrected chi connectivity index (χ3v) is 5.65. The Labute approximate surface area is 214 Å². The van der Waals surface area contributed by atoms with Crippen molar-refractivity contribution in [2.75, 3.05) is 0 Å². The van der Waals surface area contributed by atoms with E-state index in [1.165, 1.54) is 35.0 Å². The standard InChI is InChI=1S/C27H31FN4O5/c1-16(2)25-23(11-10-21(33)12-22(34)13-24(35)36)32(20-8-6-19(28)7-9-20)31-26(25)27(37)30-15-18-5-4-17(3)29-14-18/h4-11,14,16,21-22,33-34H,12-13,15H2,1-3H3,(H,30,37)(H,35,36)/t21-,22-/m1/s1. The lowest BCUT2D eigenvalue weighted by Gasteiger charge is -2.12. The number of hydrogen-bond acceptors (Lipinski definition) is 6. The summed E-state index contributed by atoms with van der Waals surface area (Å²) in [6.45, 7) is 5.92. The molecule has 3 aromatic rings. The molecule has 2 atom stereocenters. The summed E-state index contributed by atoms with van der Waals surface area (Å²) in [6, 6.07) is 9.33. The molecule has 0 aliphatic carbocycles. The fraction of sp³-hybridized carbons (Fsp3) is 0.333. The molecule has 3 rings (SSSR count). The van der Waals surface area contributed by atoms with Crippen molar-refractivity contribution in [3.63, 3.8) is 0 Å². The van der Waals surface area contributed by atoms with Gasteiger partial charge in [-0.2, -0.15) is 5.10 Å². The van der Waals surface area contributed by atoms with Crippen molar-refractivity contribution in [3.05, 3.63) is 82.7 Å². The highest BCUT2D eigenvalue weighted by Gasteiger charge is 2.25. The molecule has 1 aromatic carbocycles. The molecule has 0 radical (unpaired) electrons. The number of carbonyl (C=O) groups is 2. The Bertz CT molecular complexity index is 1250. The van der Waals surface area contributed by atoms with Gasteiger partial charge in [-0.05, 0) is 54.8 Å². The number of halogens is 1. The Hall–Kier alpha value is -3.89. The molecule has 0 aliphatic heterocycles. The molecule has 2 heterocycles. The summed E-state index contributed by atoms with van der Waals surface area (Å²) in [7, 11) is 0. The zero-order valence-electron chi connectivity index (χ0n) is 20.9. The van der Waals surface area contributed by atoms with E-state index >= 15 is 0 Å². The van der Waals surface area contributed by atoms with Crippen molar-refractivity contribution < 1.29 is 29.3 Å². The van der Waals surface area contributed by atoms with Gasteiger partial charge in [-0.25, -0.2) is 9.07 Å². The number of benzene rings is 1. The summed E-state index contributed by atoms with van der Waals surface area (Å²) in [4.78, 5) is 28.3. The van der Waals surface area contributed by atoms with E-state index in [4.69, 9.17) is 5.11 Å². The second-order valence-electron chi connectivity index (χ2n) is 9.09. The van der Waals surface area contributed by atoms with Crippen LogP contribution in [0.25, 0.3) is 11.8 Å². The van der Waals surface area contributed by atoms with Crippen molar-refractivity contribution in [2.24, 2.45) is 0 Å². The van der Waals surface area contributed by atoms with Crippen LogP contribution in [0.15, 0.2) is 48.7 Å². The molecule has 2 aromatic heterocycles. The number of pyridine rings is 1. The fourth-order valence-corrected chi connectivity index (χ4v) is 3.83. The highest BCUT2D eigenvalue weighted by molar-refractivity contribution is 5.95. The van der Waals surface area contributed by atoms with Crippen molar-refractivity contribution in [1.82, 2.24) is 20.1 Å². The van der Waals surface area contributed by atoms with Crippen molar-refractivity contribution >= 4 is 18.0 Å². The summed E-state index contributed by atoms with van der Waals surface area (Å²) < 4.78 is 15.1. The minimum Gasteiger partial charge on any atom is -0.481 e. The molecular formula is C27H31FN4O5. The quantitative estimate of drug-likeness (QED) is 0.310. The van der Waals surface area contributed by atoms with Crippen LogP contribution in [0.4, 0.5) is 4.39 Å². The highest BCUT2D eigenvalue weighted by atomic mass is 19.1. The summed E-state index contributed by atoms with van der Waals surface area (Å²) >= 11 is 0. The van der Waals surface area contributed by atoms with E-state index in [2.05, 4.69) is 15.4 Å². The number of aromatic nitrogens is 3. The van der Waals surface area contributed by atoms with Gasteiger partial charge in [0.25, 0.3) is 5.91 Å². The third-order valence-electron chi connectivity index (χ3n) is 5.65. The molecule has 4 N–H and O–H groups in total. The van der Waals surface area contributed by atoms with Gasteiger partial charge in [0, 0.05) is 30.4 Å². The van der Waals surface area contributed by atoms with Crippen LogP contribution in [-0.4, -0.2) is 54.2 Å². The maximum absolute atomic E-state index is 13.6. The van der Waals surface area contributed by atoms with E-state index in [1.54, 1.807) is 12.3 Å². The zero-order valence-corrected chi connectivity index (χ0v) is 20.9. The number of aliphatic carboxylic acids is 1. The molecule has 0 unspecified atom stereocenters. The van der Waals surface area contributed by atoms with Crippen molar-refractivity contribution in [3.8, 4) is 5.69 Å². The summed E-state index contributed by atoms with van der Waals surface area (Å²) in [6.07, 6.45) is 1.64. The van der Waals surface area contributed by atoms with Gasteiger partial charge in [-0.15, -0.1) is 0 Å². The lowest BCUT2D eigenvalue weighted by Crippen LogP contribution is -2.24. The number of aryl methyl sites for hydroxylation is 1. The van der Waals surface area contributed by atoms with E-state index in [0.29, 0.717) is 16.9 Å². The van der Waals surface area contributed by atoms with Gasteiger partial charge in [0.2, 0.25) is 0 Å². The maximum atomic E-state index is 13.6. The van der Waals surface area contributed by atoms with Crippen LogP contribution >= 0.6 is 0 Å². The number of nitrogens with one attached hydrogen (secondary N) is 1. The van der Waals surface area contributed by atoms with Crippen molar-refractivity contribution in [2.45, 2.75) is 58.3 Å². The molecule has 0 spiro atoms. The highest BCUT2D eigenvalue weighted by Crippen LogP contribution is 2.28. The van der Waals surface area contributed by atoms with Gasteiger partial charge >= 0.3 is 5.97 Å². The molecule has 10 heteroatoms. The van der Waals surface area contributed by atoms with Crippen LogP contribution in [0.5, 0.6) is 0 Å². The molecule has 0 saturated heterocycles. The molecule has 0 bridgehead atoms. The Balaban J connectivity index is 1.96. The van der Waals surface area contributed by atoms with Gasteiger partial charge in [-0.3, -0.25) is 14.6 Å². The Morgan fingerprint density at radius 2 is 1.84 bits per heavy atom. The smallest absolute Gasteiger partial charge is 0.305 e. The van der Waals surface area contributed by atoms with E-state index in [1.807, 2.05) is 32.9 Å². The number of carboxylic acids is 1. The minimum atomic E-state index is -1.22. The number of aliphatic hydroxyl groups excluding tert-OH is 2. The maximum Gasteiger partial charge on any atom is 0.305 e.